The molecule has 1 fully saturated rings. The molecule has 1 aliphatic rings. The molecule has 1 saturated carbocycles. The maximum Gasteiger partial charge on any atom is 0.107 e. The summed E-state index contributed by atoms with van der Waals surface area (Å²) in [4.78, 5) is 7.17. The van der Waals surface area contributed by atoms with Crippen LogP contribution in [0, 0.1) is 0 Å². The molecule has 2 aromatic heterocycles. The van der Waals surface area contributed by atoms with Gasteiger partial charge in [-0.15, -0.1) is 22.7 Å². The van der Waals surface area contributed by atoms with Gasteiger partial charge in [0.05, 0.1) is 4.88 Å². The summed E-state index contributed by atoms with van der Waals surface area (Å²) in [5.74, 6) is 0. The third-order valence-electron chi connectivity index (χ3n) is 3.71. The molecule has 0 unspecified atom stereocenters. The summed E-state index contributed by atoms with van der Waals surface area (Å²) in [5.41, 5.74) is 0. The molecule has 0 spiro atoms. The van der Waals surface area contributed by atoms with Crippen molar-refractivity contribution in [3.8, 4) is 9.75 Å². The van der Waals surface area contributed by atoms with Crippen LogP contribution in [0.3, 0.4) is 0 Å². The fraction of sp³-hybridized carbons (Fsp3) is 0.533. The smallest absolute Gasteiger partial charge is 0.107 e. The van der Waals surface area contributed by atoms with E-state index in [1.54, 1.807) is 11.3 Å². The second-order valence-corrected chi connectivity index (χ2v) is 7.23. The molecule has 19 heavy (non-hydrogen) atoms. The lowest BCUT2D eigenvalue weighted by Gasteiger charge is -2.14. The Hall–Kier alpha value is -0.710. The van der Waals surface area contributed by atoms with Gasteiger partial charge in [-0.2, -0.15) is 0 Å². The van der Waals surface area contributed by atoms with Crippen LogP contribution in [-0.2, 0) is 6.54 Å². The molecule has 0 aromatic carbocycles. The van der Waals surface area contributed by atoms with E-state index in [1.807, 2.05) is 17.5 Å². The molecule has 2 heterocycles. The van der Waals surface area contributed by atoms with E-state index in [0.717, 1.165) is 6.54 Å². The van der Waals surface area contributed by atoms with E-state index in [-0.39, 0.29) is 0 Å². The van der Waals surface area contributed by atoms with Crippen LogP contribution in [0.4, 0.5) is 0 Å². The van der Waals surface area contributed by atoms with Crippen molar-refractivity contribution in [3.63, 3.8) is 0 Å². The van der Waals surface area contributed by atoms with E-state index >= 15 is 0 Å². The molecule has 1 N–H and O–H groups in total. The zero-order chi connectivity index (χ0) is 12.9. The van der Waals surface area contributed by atoms with E-state index < -0.39 is 0 Å². The van der Waals surface area contributed by atoms with Gasteiger partial charge in [-0.3, -0.25) is 0 Å². The van der Waals surface area contributed by atoms with Crippen molar-refractivity contribution >= 4 is 22.7 Å². The molecule has 2 aromatic rings. The Labute approximate surface area is 122 Å². The predicted molar refractivity (Wildman–Crippen MR) is 83.8 cm³/mol. The summed E-state index contributed by atoms with van der Waals surface area (Å²) in [5, 5.41) is 7.03. The first-order valence-corrected chi connectivity index (χ1v) is 8.83. The van der Waals surface area contributed by atoms with Crippen molar-refractivity contribution in [1.29, 1.82) is 0 Å². The van der Waals surface area contributed by atoms with Crippen LogP contribution < -0.4 is 5.32 Å². The first kappa shape index (κ1) is 13.3. The van der Waals surface area contributed by atoms with Crippen LogP contribution >= 0.6 is 22.7 Å². The average Bonchev–Trinajstić information content (AvgIpc) is 3.04. The standard InChI is InChI=1S/C15H20N2S2/c1-2-4-7-12(6-3-1)16-11-15-17-10-14(19-15)13-8-5-9-18-13/h5,8-10,12,16H,1-4,6-7,11H2. The fourth-order valence-electron chi connectivity index (χ4n) is 2.64. The Balaban J connectivity index is 1.55. The Bertz CT molecular complexity index is 482. The van der Waals surface area contributed by atoms with Crippen molar-refractivity contribution in [3.05, 3.63) is 28.7 Å². The van der Waals surface area contributed by atoms with Gasteiger partial charge in [0, 0.05) is 23.7 Å². The largest absolute Gasteiger partial charge is 0.308 e. The minimum absolute atomic E-state index is 0.705. The maximum atomic E-state index is 4.54. The highest BCUT2D eigenvalue weighted by Crippen LogP contribution is 2.30. The summed E-state index contributed by atoms with van der Waals surface area (Å²) < 4.78 is 0. The molecular formula is C15H20N2S2. The number of hydrogen-bond donors (Lipinski definition) is 1. The van der Waals surface area contributed by atoms with Crippen LogP contribution in [0.15, 0.2) is 23.7 Å². The van der Waals surface area contributed by atoms with Gasteiger partial charge in [-0.1, -0.05) is 31.7 Å². The van der Waals surface area contributed by atoms with Crippen molar-refractivity contribution < 1.29 is 0 Å². The first-order valence-electron chi connectivity index (χ1n) is 7.14. The van der Waals surface area contributed by atoms with E-state index in [9.17, 15) is 0 Å². The van der Waals surface area contributed by atoms with Gasteiger partial charge >= 0.3 is 0 Å². The first-order chi connectivity index (χ1) is 9.42. The summed E-state index contributed by atoms with van der Waals surface area (Å²) in [6.45, 7) is 0.931. The number of hydrogen-bond acceptors (Lipinski definition) is 4. The summed E-state index contributed by atoms with van der Waals surface area (Å²) >= 11 is 3.61. The van der Waals surface area contributed by atoms with Crippen LogP contribution in [0.25, 0.3) is 9.75 Å². The number of thiophene rings is 1. The zero-order valence-corrected chi connectivity index (χ0v) is 12.7. The lowest BCUT2D eigenvalue weighted by molar-refractivity contribution is 0.458. The van der Waals surface area contributed by atoms with Crippen molar-refractivity contribution in [2.75, 3.05) is 0 Å². The van der Waals surface area contributed by atoms with Gasteiger partial charge in [-0.05, 0) is 24.3 Å². The highest BCUT2D eigenvalue weighted by Gasteiger charge is 2.12. The molecular weight excluding hydrogens is 272 g/mol. The summed E-state index contributed by atoms with van der Waals surface area (Å²) in [7, 11) is 0. The van der Waals surface area contributed by atoms with Gasteiger partial charge in [0.15, 0.2) is 0 Å². The molecule has 1 aliphatic carbocycles. The van der Waals surface area contributed by atoms with Gasteiger partial charge in [0.1, 0.15) is 5.01 Å². The van der Waals surface area contributed by atoms with Gasteiger partial charge in [0.25, 0.3) is 0 Å². The number of thiazole rings is 1. The predicted octanol–water partition coefficient (Wildman–Crippen LogP) is 4.68. The Morgan fingerprint density at radius 1 is 1.16 bits per heavy atom. The van der Waals surface area contributed by atoms with E-state index in [2.05, 4.69) is 27.8 Å². The van der Waals surface area contributed by atoms with Crippen LogP contribution in [0.2, 0.25) is 0 Å². The van der Waals surface area contributed by atoms with Crippen molar-refractivity contribution in [2.24, 2.45) is 0 Å². The Morgan fingerprint density at radius 2 is 2.00 bits per heavy atom. The maximum absolute atomic E-state index is 4.54. The van der Waals surface area contributed by atoms with Crippen LogP contribution in [0.5, 0.6) is 0 Å². The third kappa shape index (κ3) is 3.65. The Morgan fingerprint density at radius 3 is 2.74 bits per heavy atom. The van der Waals surface area contributed by atoms with Gasteiger partial charge in [-0.25, -0.2) is 4.98 Å². The van der Waals surface area contributed by atoms with E-state index in [0.29, 0.717) is 6.04 Å². The van der Waals surface area contributed by atoms with Crippen LogP contribution in [-0.4, -0.2) is 11.0 Å². The van der Waals surface area contributed by atoms with Crippen molar-refractivity contribution in [1.82, 2.24) is 10.3 Å². The molecule has 0 aliphatic heterocycles. The highest BCUT2D eigenvalue weighted by molar-refractivity contribution is 7.21. The van der Waals surface area contributed by atoms with Crippen molar-refractivity contribution in [2.45, 2.75) is 51.1 Å². The van der Waals surface area contributed by atoms with E-state index in [1.165, 1.54) is 53.3 Å². The number of nitrogens with zero attached hydrogens (tertiary/aromatic N) is 1. The molecule has 3 rings (SSSR count). The second-order valence-electron chi connectivity index (χ2n) is 5.16. The topological polar surface area (TPSA) is 24.9 Å². The third-order valence-corrected chi connectivity index (χ3v) is 5.78. The number of nitrogens with one attached hydrogen (secondary N) is 1. The van der Waals surface area contributed by atoms with Gasteiger partial charge < -0.3 is 5.32 Å². The summed E-state index contributed by atoms with van der Waals surface area (Å²) in [6, 6.07) is 4.97. The summed E-state index contributed by atoms with van der Waals surface area (Å²) in [6.07, 6.45) is 10.3. The Kier molecular flexibility index (Phi) is 4.64. The zero-order valence-electron chi connectivity index (χ0n) is 11.1. The van der Waals surface area contributed by atoms with E-state index in [4.69, 9.17) is 0 Å². The SMILES string of the molecule is c1csc(-c2cnc(CNC3CCCCCC3)s2)c1. The minimum atomic E-state index is 0.705. The number of rotatable bonds is 4. The average molecular weight is 292 g/mol. The molecule has 0 radical (unpaired) electrons. The monoisotopic (exact) mass is 292 g/mol. The molecule has 102 valence electrons. The molecule has 0 bridgehead atoms. The molecule has 0 amide bonds. The lowest BCUT2D eigenvalue weighted by atomic mass is 10.1. The second kappa shape index (κ2) is 6.64. The van der Waals surface area contributed by atoms with Gasteiger partial charge in [0.2, 0.25) is 0 Å². The fourth-order valence-corrected chi connectivity index (χ4v) is 4.33. The molecule has 0 saturated heterocycles. The normalized spacial score (nSPS) is 17.5. The highest BCUT2D eigenvalue weighted by atomic mass is 32.1. The number of aromatic nitrogens is 1. The quantitative estimate of drug-likeness (QED) is 0.827. The van der Waals surface area contributed by atoms with Crippen LogP contribution in [0.1, 0.15) is 43.5 Å². The molecule has 0 atom stereocenters. The minimum Gasteiger partial charge on any atom is -0.308 e. The lowest BCUT2D eigenvalue weighted by Crippen LogP contribution is -2.27. The molecule has 4 heteroatoms. The molecule has 2 nitrogen and oxygen atoms in total.